The Kier molecular flexibility index (Phi) is 4.71. The van der Waals surface area contributed by atoms with E-state index in [0.29, 0.717) is 18.3 Å². The van der Waals surface area contributed by atoms with Crippen LogP contribution >= 0.6 is 12.2 Å². The summed E-state index contributed by atoms with van der Waals surface area (Å²) in [5, 5.41) is 3.51. The quantitative estimate of drug-likeness (QED) is 0.839. The summed E-state index contributed by atoms with van der Waals surface area (Å²) in [5.41, 5.74) is 1.30. The van der Waals surface area contributed by atoms with Gasteiger partial charge in [-0.3, -0.25) is 14.6 Å². The topological polar surface area (TPSA) is 44.8 Å². The second kappa shape index (κ2) is 6.73. The molecular formula is C16H21N3O2S. The maximum atomic E-state index is 12.1. The Morgan fingerprint density at radius 3 is 2.82 bits per heavy atom. The van der Waals surface area contributed by atoms with E-state index in [1.165, 1.54) is 5.56 Å². The summed E-state index contributed by atoms with van der Waals surface area (Å²) in [6.07, 6.45) is 0.00598. The molecule has 2 aliphatic rings. The zero-order valence-electron chi connectivity index (χ0n) is 12.7. The molecule has 1 aromatic carbocycles. The number of morpholine rings is 1. The minimum absolute atomic E-state index is 0.00598. The molecule has 22 heavy (non-hydrogen) atoms. The lowest BCUT2D eigenvalue weighted by atomic mass is 10.2. The molecule has 0 radical (unpaired) electrons. The highest BCUT2D eigenvalue weighted by Crippen LogP contribution is 2.14. The summed E-state index contributed by atoms with van der Waals surface area (Å²) in [7, 11) is 0. The first-order valence-corrected chi connectivity index (χ1v) is 8.04. The number of carbonyl (C=O) groups excluding carboxylic acids is 1. The number of amides is 1. The van der Waals surface area contributed by atoms with Crippen LogP contribution in [-0.4, -0.2) is 59.2 Å². The number of hydrogen-bond donors (Lipinski definition) is 1. The maximum Gasteiger partial charge on any atom is 0.251 e. The van der Waals surface area contributed by atoms with Crippen molar-refractivity contribution in [3.8, 4) is 0 Å². The third-order valence-electron chi connectivity index (χ3n) is 4.08. The summed E-state index contributed by atoms with van der Waals surface area (Å²) in [6, 6.07) is 10.2. The average Bonchev–Trinajstić information content (AvgIpc) is 2.75. The molecule has 6 heteroatoms. The Morgan fingerprint density at radius 2 is 2.14 bits per heavy atom. The van der Waals surface area contributed by atoms with Crippen molar-refractivity contribution in [1.82, 2.24) is 15.1 Å². The Balaban J connectivity index is 1.57. The van der Waals surface area contributed by atoms with Crippen molar-refractivity contribution < 1.29 is 9.53 Å². The summed E-state index contributed by atoms with van der Waals surface area (Å²) in [5.74, 6) is 0.0359. The van der Waals surface area contributed by atoms with Crippen LogP contribution in [0.15, 0.2) is 30.3 Å². The third-order valence-corrected chi connectivity index (χ3v) is 4.42. The van der Waals surface area contributed by atoms with E-state index in [4.69, 9.17) is 17.0 Å². The fraction of sp³-hybridized carbons (Fsp3) is 0.500. The number of thiocarbonyl (C=S) groups is 1. The number of nitrogens with zero attached hydrogens (tertiary/aromatic N) is 2. The summed E-state index contributed by atoms with van der Waals surface area (Å²) >= 11 is 5.22. The molecule has 0 spiro atoms. The molecule has 0 aliphatic carbocycles. The number of nitrogens with one attached hydrogen (secondary N) is 1. The molecule has 0 saturated carbocycles. The van der Waals surface area contributed by atoms with Gasteiger partial charge >= 0.3 is 0 Å². The molecular weight excluding hydrogens is 298 g/mol. The highest BCUT2D eigenvalue weighted by atomic mass is 32.1. The lowest BCUT2D eigenvalue weighted by Crippen LogP contribution is -2.48. The van der Waals surface area contributed by atoms with Gasteiger partial charge < -0.3 is 10.1 Å². The maximum absolute atomic E-state index is 12.1. The fourth-order valence-corrected chi connectivity index (χ4v) is 3.25. The van der Waals surface area contributed by atoms with Crippen LogP contribution < -0.4 is 5.32 Å². The van der Waals surface area contributed by atoms with Crippen molar-refractivity contribution in [2.24, 2.45) is 0 Å². The lowest BCUT2D eigenvalue weighted by molar-refractivity contribution is -0.129. The van der Waals surface area contributed by atoms with Gasteiger partial charge in [-0.2, -0.15) is 0 Å². The van der Waals surface area contributed by atoms with Crippen LogP contribution in [0.5, 0.6) is 0 Å². The standard InChI is InChI=1S/C16H21N3O2S/c1-12-15(20)19(16(22)17-12)11-14-10-18(7-8-21-14)9-13-5-3-2-4-6-13/h2-6,12,14H,7-11H2,1H3,(H,17,22)/t12-,14+/m0/s1. The third kappa shape index (κ3) is 3.45. The second-order valence-electron chi connectivity index (χ2n) is 5.83. The van der Waals surface area contributed by atoms with Crippen molar-refractivity contribution in [3.63, 3.8) is 0 Å². The predicted octanol–water partition coefficient (Wildman–Crippen LogP) is 0.993. The van der Waals surface area contributed by atoms with E-state index in [2.05, 4.69) is 34.5 Å². The zero-order valence-corrected chi connectivity index (χ0v) is 13.5. The Morgan fingerprint density at radius 1 is 1.36 bits per heavy atom. The molecule has 2 atom stereocenters. The molecule has 118 valence electrons. The lowest BCUT2D eigenvalue weighted by Gasteiger charge is -2.34. The first-order chi connectivity index (χ1) is 10.6. The summed E-state index contributed by atoms with van der Waals surface area (Å²) in [6.45, 7) is 5.69. The minimum Gasteiger partial charge on any atom is -0.374 e. The van der Waals surface area contributed by atoms with Crippen LogP contribution in [0, 0.1) is 0 Å². The molecule has 0 bridgehead atoms. The van der Waals surface area contributed by atoms with E-state index < -0.39 is 0 Å². The molecule has 3 rings (SSSR count). The van der Waals surface area contributed by atoms with Crippen molar-refractivity contribution >= 4 is 23.2 Å². The van der Waals surface area contributed by atoms with Gasteiger partial charge in [-0.05, 0) is 24.7 Å². The number of hydrogen-bond acceptors (Lipinski definition) is 4. The molecule has 5 nitrogen and oxygen atoms in total. The van der Waals surface area contributed by atoms with Gasteiger partial charge in [0.15, 0.2) is 5.11 Å². The van der Waals surface area contributed by atoms with Gasteiger partial charge in [-0.25, -0.2) is 0 Å². The van der Waals surface area contributed by atoms with Crippen LogP contribution in [-0.2, 0) is 16.1 Å². The minimum atomic E-state index is -0.225. The van der Waals surface area contributed by atoms with E-state index in [9.17, 15) is 4.79 Å². The van der Waals surface area contributed by atoms with E-state index in [-0.39, 0.29) is 18.1 Å². The number of benzene rings is 1. The van der Waals surface area contributed by atoms with Gasteiger partial charge in [0.1, 0.15) is 6.04 Å². The van der Waals surface area contributed by atoms with Gasteiger partial charge in [-0.15, -0.1) is 0 Å². The highest BCUT2D eigenvalue weighted by Gasteiger charge is 2.34. The monoisotopic (exact) mass is 319 g/mol. The van der Waals surface area contributed by atoms with Crippen LogP contribution in [0.4, 0.5) is 0 Å². The number of carbonyl (C=O) groups is 1. The molecule has 2 saturated heterocycles. The molecule has 1 N–H and O–H groups in total. The van der Waals surface area contributed by atoms with E-state index in [1.807, 2.05) is 13.0 Å². The first-order valence-electron chi connectivity index (χ1n) is 7.63. The second-order valence-corrected chi connectivity index (χ2v) is 6.22. The Bertz CT molecular complexity index is 552. The molecule has 2 heterocycles. The largest absolute Gasteiger partial charge is 0.374 e. The van der Waals surface area contributed by atoms with Crippen LogP contribution in [0.25, 0.3) is 0 Å². The number of ether oxygens (including phenoxy) is 1. The van der Waals surface area contributed by atoms with E-state index in [0.717, 1.165) is 19.6 Å². The Labute approximate surface area is 136 Å². The van der Waals surface area contributed by atoms with Gasteiger partial charge in [-0.1, -0.05) is 30.3 Å². The van der Waals surface area contributed by atoms with Crippen molar-refractivity contribution in [2.45, 2.75) is 25.6 Å². The van der Waals surface area contributed by atoms with Gasteiger partial charge in [0.05, 0.1) is 19.3 Å². The molecule has 0 aromatic heterocycles. The summed E-state index contributed by atoms with van der Waals surface area (Å²) < 4.78 is 5.82. The van der Waals surface area contributed by atoms with Gasteiger partial charge in [0, 0.05) is 19.6 Å². The van der Waals surface area contributed by atoms with Crippen LogP contribution in [0.3, 0.4) is 0 Å². The molecule has 1 aromatic rings. The number of rotatable bonds is 4. The predicted molar refractivity (Wildman–Crippen MR) is 88.4 cm³/mol. The van der Waals surface area contributed by atoms with Crippen molar-refractivity contribution in [1.29, 1.82) is 0 Å². The molecule has 1 amide bonds. The SMILES string of the molecule is C[C@@H]1NC(=S)N(C[C@H]2CN(Cc3ccccc3)CCO2)C1=O. The molecule has 2 aliphatic heterocycles. The molecule has 0 unspecified atom stereocenters. The Hall–Kier alpha value is -1.50. The van der Waals surface area contributed by atoms with E-state index >= 15 is 0 Å². The van der Waals surface area contributed by atoms with Crippen LogP contribution in [0.2, 0.25) is 0 Å². The van der Waals surface area contributed by atoms with E-state index in [1.54, 1.807) is 4.90 Å². The van der Waals surface area contributed by atoms with Crippen molar-refractivity contribution in [2.75, 3.05) is 26.2 Å². The van der Waals surface area contributed by atoms with Crippen LogP contribution in [0.1, 0.15) is 12.5 Å². The van der Waals surface area contributed by atoms with Gasteiger partial charge in [0.25, 0.3) is 5.91 Å². The van der Waals surface area contributed by atoms with Gasteiger partial charge in [0.2, 0.25) is 0 Å². The zero-order chi connectivity index (χ0) is 15.5. The average molecular weight is 319 g/mol. The normalized spacial score (nSPS) is 26.3. The highest BCUT2D eigenvalue weighted by molar-refractivity contribution is 7.80. The molecule has 2 fully saturated rings. The van der Waals surface area contributed by atoms with Crippen molar-refractivity contribution in [3.05, 3.63) is 35.9 Å². The summed E-state index contributed by atoms with van der Waals surface area (Å²) in [4.78, 5) is 16.1. The fourth-order valence-electron chi connectivity index (χ4n) is 2.91. The first kappa shape index (κ1) is 15.4. The smallest absolute Gasteiger partial charge is 0.251 e.